The summed E-state index contributed by atoms with van der Waals surface area (Å²) in [6, 6.07) is 17.0. The molecular weight excluding hydrogens is 547 g/mol. The van der Waals surface area contributed by atoms with Gasteiger partial charge >= 0.3 is 0 Å². The van der Waals surface area contributed by atoms with Crippen LogP contribution in [0, 0.1) is 0 Å². The fourth-order valence-corrected chi connectivity index (χ4v) is 5.67. The number of hydrogen-bond acceptors (Lipinski definition) is 5. The number of nitrogens with one attached hydrogen (secondary N) is 1. The Morgan fingerprint density at radius 2 is 1.76 bits per heavy atom. The predicted molar refractivity (Wildman–Crippen MR) is 151 cm³/mol. The second-order valence-corrected chi connectivity index (χ2v) is 11.0. The number of fused-ring (bicyclic) bond motifs is 2. The van der Waals surface area contributed by atoms with Crippen LogP contribution in [-0.4, -0.2) is 31.0 Å². The zero-order chi connectivity index (χ0) is 27.2. The molecule has 0 radical (unpaired) electrons. The molecule has 0 aliphatic rings. The van der Waals surface area contributed by atoms with E-state index in [1.165, 1.54) is 13.3 Å². The first kappa shape index (κ1) is 26.0. The lowest BCUT2D eigenvalue weighted by Crippen LogP contribution is -2.13. The number of carbonyl (C=O) groups is 1. The van der Waals surface area contributed by atoms with Crippen molar-refractivity contribution in [1.82, 2.24) is 9.55 Å². The Morgan fingerprint density at radius 3 is 2.42 bits per heavy atom. The van der Waals surface area contributed by atoms with Crippen molar-refractivity contribution in [2.24, 2.45) is 5.14 Å². The Hall–Kier alpha value is -3.63. The standard InChI is InChI=1S/C27H22Cl2N4O4S/c1-3-33-14-26(38(30,35)36)22-11-18(4-7-25(22)33)31-27(34)21-13-24(15-8-16(28)10-17(29)9-15)32-23-6-5-19(37-2)12-20(21)23/h4-14H,3H2,1-2H3,(H,31,34)(H2,30,35,36). The van der Waals surface area contributed by atoms with Crippen LogP contribution >= 0.6 is 23.2 Å². The molecule has 1 amide bonds. The quantitative estimate of drug-likeness (QED) is 0.257. The van der Waals surface area contributed by atoms with E-state index in [0.29, 0.717) is 66.7 Å². The fraction of sp³-hybridized carbons (Fsp3) is 0.111. The molecule has 0 bridgehead atoms. The van der Waals surface area contributed by atoms with Gasteiger partial charge in [-0.25, -0.2) is 18.5 Å². The van der Waals surface area contributed by atoms with Crippen molar-refractivity contribution in [3.05, 3.63) is 82.5 Å². The maximum atomic E-state index is 13.6. The maximum Gasteiger partial charge on any atom is 0.256 e. The van der Waals surface area contributed by atoms with Crippen molar-refractivity contribution >= 4 is 66.6 Å². The van der Waals surface area contributed by atoms with Gasteiger partial charge in [0.25, 0.3) is 5.91 Å². The van der Waals surface area contributed by atoms with Gasteiger partial charge in [0.2, 0.25) is 10.0 Å². The molecule has 2 aromatic heterocycles. The number of anilines is 1. The Bertz CT molecular complexity index is 1830. The van der Waals surface area contributed by atoms with E-state index in [9.17, 15) is 13.2 Å². The summed E-state index contributed by atoms with van der Waals surface area (Å²) >= 11 is 12.4. The van der Waals surface area contributed by atoms with Crippen LogP contribution in [0.2, 0.25) is 10.0 Å². The van der Waals surface area contributed by atoms with Crippen molar-refractivity contribution in [2.45, 2.75) is 18.4 Å². The molecule has 5 rings (SSSR count). The van der Waals surface area contributed by atoms with Crippen LogP contribution in [0.5, 0.6) is 5.75 Å². The number of nitrogens with zero attached hydrogens (tertiary/aromatic N) is 2. The molecule has 0 saturated carbocycles. The van der Waals surface area contributed by atoms with Crippen molar-refractivity contribution in [3.63, 3.8) is 0 Å². The summed E-state index contributed by atoms with van der Waals surface area (Å²) < 4.78 is 31.5. The molecule has 0 fully saturated rings. The van der Waals surface area contributed by atoms with Crippen molar-refractivity contribution in [3.8, 4) is 17.0 Å². The monoisotopic (exact) mass is 568 g/mol. The van der Waals surface area contributed by atoms with Crippen molar-refractivity contribution in [1.29, 1.82) is 0 Å². The fourth-order valence-electron chi connectivity index (χ4n) is 4.40. The number of amides is 1. The molecule has 0 aliphatic heterocycles. The molecule has 0 aliphatic carbocycles. The number of aromatic nitrogens is 2. The molecule has 194 valence electrons. The van der Waals surface area contributed by atoms with Crippen molar-refractivity contribution in [2.75, 3.05) is 12.4 Å². The van der Waals surface area contributed by atoms with Gasteiger partial charge in [-0.3, -0.25) is 4.79 Å². The van der Waals surface area contributed by atoms with Crippen LogP contribution < -0.4 is 15.2 Å². The van der Waals surface area contributed by atoms with E-state index in [-0.39, 0.29) is 4.90 Å². The van der Waals surface area contributed by atoms with Gasteiger partial charge in [-0.2, -0.15) is 0 Å². The molecule has 3 N–H and O–H groups in total. The van der Waals surface area contributed by atoms with E-state index in [1.54, 1.807) is 65.2 Å². The molecule has 5 aromatic rings. The highest BCUT2D eigenvalue weighted by atomic mass is 35.5. The van der Waals surface area contributed by atoms with E-state index >= 15 is 0 Å². The van der Waals surface area contributed by atoms with E-state index in [0.717, 1.165) is 0 Å². The van der Waals surface area contributed by atoms with Gasteiger partial charge in [0.1, 0.15) is 10.6 Å². The summed E-state index contributed by atoms with van der Waals surface area (Å²) in [7, 11) is -2.43. The van der Waals surface area contributed by atoms with Crippen LogP contribution in [0.1, 0.15) is 17.3 Å². The van der Waals surface area contributed by atoms with E-state index in [2.05, 4.69) is 5.32 Å². The Balaban J connectivity index is 1.63. The average Bonchev–Trinajstić information content (AvgIpc) is 3.25. The number of rotatable bonds is 6. The summed E-state index contributed by atoms with van der Waals surface area (Å²) in [5.74, 6) is 0.137. The van der Waals surface area contributed by atoms with E-state index < -0.39 is 15.9 Å². The third kappa shape index (κ3) is 4.93. The van der Waals surface area contributed by atoms with Gasteiger partial charge in [0.15, 0.2) is 0 Å². The highest BCUT2D eigenvalue weighted by Gasteiger charge is 2.19. The third-order valence-corrected chi connectivity index (χ3v) is 7.54. The number of aryl methyl sites for hydroxylation is 1. The molecule has 3 aromatic carbocycles. The van der Waals surface area contributed by atoms with Crippen LogP contribution in [0.3, 0.4) is 0 Å². The lowest BCUT2D eigenvalue weighted by atomic mass is 10.0. The summed E-state index contributed by atoms with van der Waals surface area (Å²) in [5, 5.41) is 10.2. The number of ether oxygens (including phenoxy) is 1. The van der Waals surface area contributed by atoms with Crippen LogP contribution in [0.4, 0.5) is 5.69 Å². The van der Waals surface area contributed by atoms with Gasteiger partial charge in [0, 0.05) is 50.3 Å². The van der Waals surface area contributed by atoms with E-state index in [4.69, 9.17) is 38.1 Å². The molecule has 38 heavy (non-hydrogen) atoms. The largest absolute Gasteiger partial charge is 0.497 e. The number of pyridine rings is 1. The minimum Gasteiger partial charge on any atom is -0.497 e. The lowest BCUT2D eigenvalue weighted by Gasteiger charge is -2.13. The molecule has 0 atom stereocenters. The van der Waals surface area contributed by atoms with E-state index in [1.807, 2.05) is 6.92 Å². The highest BCUT2D eigenvalue weighted by Crippen LogP contribution is 2.32. The molecule has 0 spiro atoms. The number of carbonyl (C=O) groups excluding carboxylic acids is 1. The average molecular weight is 569 g/mol. The third-order valence-electron chi connectivity index (χ3n) is 6.17. The van der Waals surface area contributed by atoms with Gasteiger partial charge in [0.05, 0.1) is 23.9 Å². The zero-order valence-electron chi connectivity index (χ0n) is 20.3. The summed E-state index contributed by atoms with van der Waals surface area (Å²) in [6.07, 6.45) is 1.50. The predicted octanol–water partition coefficient (Wildman–Crippen LogP) is 6.09. The first-order chi connectivity index (χ1) is 18.1. The maximum absolute atomic E-state index is 13.6. The second kappa shape index (κ2) is 9.92. The number of hydrogen-bond donors (Lipinski definition) is 2. The topological polar surface area (TPSA) is 116 Å². The first-order valence-corrected chi connectivity index (χ1v) is 13.8. The molecule has 2 heterocycles. The number of methoxy groups -OCH3 is 1. The smallest absolute Gasteiger partial charge is 0.256 e. The minimum atomic E-state index is -3.97. The van der Waals surface area contributed by atoms with Gasteiger partial charge < -0.3 is 14.6 Å². The van der Waals surface area contributed by atoms with Crippen molar-refractivity contribution < 1.29 is 17.9 Å². The molecular formula is C27H22Cl2N4O4S. The molecule has 0 unspecified atom stereocenters. The highest BCUT2D eigenvalue weighted by molar-refractivity contribution is 7.89. The molecule has 8 nitrogen and oxygen atoms in total. The Kier molecular flexibility index (Phi) is 6.79. The minimum absolute atomic E-state index is 0.00957. The van der Waals surface area contributed by atoms with Crippen LogP contribution in [0.15, 0.2) is 71.8 Å². The molecule has 0 saturated heterocycles. The summed E-state index contributed by atoms with van der Waals surface area (Å²) in [6.45, 7) is 2.45. The Labute approximate surface area is 229 Å². The summed E-state index contributed by atoms with van der Waals surface area (Å²) in [4.78, 5) is 18.3. The number of primary sulfonamides is 1. The van der Waals surface area contributed by atoms with Gasteiger partial charge in [-0.1, -0.05) is 23.2 Å². The second-order valence-electron chi connectivity index (χ2n) is 8.61. The van der Waals surface area contributed by atoms with Crippen LogP contribution in [0.25, 0.3) is 33.1 Å². The zero-order valence-corrected chi connectivity index (χ0v) is 22.7. The first-order valence-electron chi connectivity index (χ1n) is 11.5. The lowest BCUT2D eigenvalue weighted by molar-refractivity contribution is 0.102. The van der Waals surface area contributed by atoms with Crippen LogP contribution in [-0.2, 0) is 16.6 Å². The number of nitrogens with two attached hydrogens (primary N) is 1. The SMILES string of the molecule is CCn1cc(S(N)(=O)=O)c2cc(NC(=O)c3cc(-c4cc(Cl)cc(Cl)c4)nc4ccc(OC)cc34)ccc21. The number of benzene rings is 3. The number of sulfonamides is 1. The Morgan fingerprint density at radius 1 is 1.03 bits per heavy atom. The van der Waals surface area contributed by atoms with Gasteiger partial charge in [-0.05, 0) is 67.6 Å². The molecule has 11 heteroatoms. The number of halogens is 2. The normalized spacial score (nSPS) is 11.7. The summed E-state index contributed by atoms with van der Waals surface area (Å²) in [5.41, 5.74) is 3.14. The van der Waals surface area contributed by atoms with Gasteiger partial charge in [-0.15, -0.1) is 0 Å².